The molecule has 0 atom stereocenters. The lowest BCUT2D eigenvalue weighted by atomic mass is 10.3. The molecule has 0 radical (unpaired) electrons. The van der Waals surface area contributed by atoms with Gasteiger partial charge in [0.25, 0.3) is 9.05 Å². The minimum atomic E-state index is -3.65. The van der Waals surface area contributed by atoms with Crippen LogP contribution in [-0.4, -0.2) is 28.7 Å². The summed E-state index contributed by atoms with van der Waals surface area (Å²) in [6.45, 7) is 1.29. The van der Waals surface area contributed by atoms with E-state index in [1.165, 1.54) is 12.1 Å². The summed E-state index contributed by atoms with van der Waals surface area (Å²) in [6, 6.07) is 6.02. The molecule has 4 nitrogen and oxygen atoms in total. The number of ether oxygens (including phenoxy) is 2. The van der Waals surface area contributed by atoms with Crippen molar-refractivity contribution in [2.75, 3.05) is 20.3 Å². The molecule has 0 aromatic heterocycles. The predicted molar refractivity (Wildman–Crippen MR) is 66.1 cm³/mol. The summed E-state index contributed by atoms with van der Waals surface area (Å²) in [4.78, 5) is 0.0749. The number of hydrogen-bond donors (Lipinski definition) is 0. The van der Waals surface area contributed by atoms with E-state index in [0.717, 1.165) is 12.8 Å². The van der Waals surface area contributed by atoms with Gasteiger partial charge in [-0.05, 0) is 37.1 Å². The van der Waals surface area contributed by atoms with Crippen molar-refractivity contribution >= 4 is 19.7 Å². The van der Waals surface area contributed by atoms with Crippen LogP contribution in [0.5, 0.6) is 5.75 Å². The van der Waals surface area contributed by atoms with Crippen LogP contribution >= 0.6 is 10.7 Å². The average molecular weight is 279 g/mol. The van der Waals surface area contributed by atoms with Crippen LogP contribution in [0, 0.1) is 0 Å². The molecule has 0 aliphatic carbocycles. The van der Waals surface area contributed by atoms with E-state index in [0.29, 0.717) is 19.0 Å². The molecule has 0 aliphatic heterocycles. The van der Waals surface area contributed by atoms with Gasteiger partial charge in [0.15, 0.2) is 0 Å². The molecule has 1 aromatic rings. The standard InChI is InChI=1S/C11H15ClO4S/c1-15-8-2-3-9-16-10-4-6-11(7-5-10)17(12,13)14/h4-7H,2-3,8-9H2,1H3. The first kappa shape index (κ1) is 14.3. The molecule has 0 fully saturated rings. The summed E-state index contributed by atoms with van der Waals surface area (Å²) in [7, 11) is 3.20. The van der Waals surface area contributed by atoms with Gasteiger partial charge in [-0.2, -0.15) is 0 Å². The molecule has 0 amide bonds. The number of hydrogen-bond acceptors (Lipinski definition) is 4. The van der Waals surface area contributed by atoms with Crippen LogP contribution < -0.4 is 4.74 Å². The van der Waals surface area contributed by atoms with Gasteiger partial charge in [-0.15, -0.1) is 0 Å². The normalized spacial score (nSPS) is 11.4. The van der Waals surface area contributed by atoms with E-state index in [1.807, 2.05) is 0 Å². The van der Waals surface area contributed by atoms with Crippen molar-refractivity contribution in [1.29, 1.82) is 0 Å². The van der Waals surface area contributed by atoms with E-state index in [4.69, 9.17) is 20.2 Å². The Morgan fingerprint density at radius 1 is 1.12 bits per heavy atom. The molecule has 0 heterocycles. The fourth-order valence-corrected chi connectivity index (χ4v) is 2.01. The van der Waals surface area contributed by atoms with Crippen LogP contribution in [-0.2, 0) is 13.8 Å². The predicted octanol–water partition coefficient (Wildman–Crippen LogP) is 2.42. The fraction of sp³-hybridized carbons (Fsp3) is 0.455. The Morgan fingerprint density at radius 2 is 1.71 bits per heavy atom. The molecule has 0 aliphatic rings. The van der Waals surface area contributed by atoms with Gasteiger partial charge in [-0.1, -0.05) is 0 Å². The largest absolute Gasteiger partial charge is 0.494 e. The molecule has 6 heteroatoms. The second-order valence-corrected chi connectivity index (χ2v) is 6.02. The number of unbranched alkanes of at least 4 members (excludes halogenated alkanes) is 1. The van der Waals surface area contributed by atoms with Gasteiger partial charge in [0.2, 0.25) is 0 Å². The van der Waals surface area contributed by atoms with Gasteiger partial charge in [0, 0.05) is 24.4 Å². The zero-order valence-corrected chi connectivity index (χ0v) is 11.1. The van der Waals surface area contributed by atoms with Crippen molar-refractivity contribution in [2.24, 2.45) is 0 Å². The van der Waals surface area contributed by atoms with E-state index in [-0.39, 0.29) is 4.90 Å². The summed E-state index contributed by atoms with van der Waals surface area (Å²) < 4.78 is 32.3. The molecule has 1 aromatic carbocycles. The van der Waals surface area contributed by atoms with Crippen LogP contribution in [0.1, 0.15) is 12.8 Å². The highest BCUT2D eigenvalue weighted by atomic mass is 35.7. The van der Waals surface area contributed by atoms with Gasteiger partial charge >= 0.3 is 0 Å². The summed E-state index contributed by atoms with van der Waals surface area (Å²) in [5.74, 6) is 0.631. The van der Waals surface area contributed by atoms with E-state index in [9.17, 15) is 8.42 Å². The third kappa shape index (κ3) is 5.39. The highest BCUT2D eigenvalue weighted by Crippen LogP contribution is 2.19. The molecular formula is C11H15ClO4S. The third-order valence-corrected chi connectivity index (χ3v) is 3.49. The highest BCUT2D eigenvalue weighted by Gasteiger charge is 2.08. The maximum Gasteiger partial charge on any atom is 0.261 e. The van der Waals surface area contributed by atoms with Gasteiger partial charge in [-0.3, -0.25) is 0 Å². The zero-order valence-electron chi connectivity index (χ0n) is 9.56. The lowest BCUT2D eigenvalue weighted by Crippen LogP contribution is -1.99. The van der Waals surface area contributed by atoms with Crippen LogP contribution in [0.15, 0.2) is 29.2 Å². The highest BCUT2D eigenvalue weighted by molar-refractivity contribution is 8.13. The molecule has 0 bridgehead atoms. The van der Waals surface area contributed by atoms with Crippen molar-refractivity contribution in [1.82, 2.24) is 0 Å². The van der Waals surface area contributed by atoms with Crippen LogP contribution in [0.3, 0.4) is 0 Å². The summed E-state index contributed by atoms with van der Waals surface area (Å²) in [6.07, 6.45) is 1.83. The van der Waals surface area contributed by atoms with Crippen molar-refractivity contribution in [3.05, 3.63) is 24.3 Å². The minimum absolute atomic E-state index is 0.0749. The quantitative estimate of drug-likeness (QED) is 0.568. The van der Waals surface area contributed by atoms with E-state index < -0.39 is 9.05 Å². The molecule has 96 valence electrons. The first-order valence-electron chi connectivity index (χ1n) is 5.20. The van der Waals surface area contributed by atoms with Crippen molar-refractivity contribution in [3.63, 3.8) is 0 Å². The average Bonchev–Trinajstić information content (AvgIpc) is 2.28. The minimum Gasteiger partial charge on any atom is -0.494 e. The van der Waals surface area contributed by atoms with Gasteiger partial charge in [0.05, 0.1) is 11.5 Å². The first-order chi connectivity index (χ1) is 8.04. The van der Waals surface area contributed by atoms with E-state index in [2.05, 4.69) is 0 Å². The molecule has 17 heavy (non-hydrogen) atoms. The molecule has 0 unspecified atom stereocenters. The zero-order chi connectivity index (χ0) is 12.7. The topological polar surface area (TPSA) is 52.6 Å². The maximum atomic E-state index is 11.0. The van der Waals surface area contributed by atoms with Crippen molar-refractivity contribution < 1.29 is 17.9 Å². The molecular weight excluding hydrogens is 264 g/mol. The summed E-state index contributed by atoms with van der Waals surface area (Å²) in [5.41, 5.74) is 0. The van der Waals surface area contributed by atoms with Gasteiger partial charge in [0.1, 0.15) is 5.75 Å². The Balaban J connectivity index is 2.41. The smallest absolute Gasteiger partial charge is 0.261 e. The molecule has 0 N–H and O–H groups in total. The van der Waals surface area contributed by atoms with Gasteiger partial charge < -0.3 is 9.47 Å². The van der Waals surface area contributed by atoms with Crippen molar-refractivity contribution in [3.8, 4) is 5.75 Å². The van der Waals surface area contributed by atoms with E-state index in [1.54, 1.807) is 19.2 Å². The Morgan fingerprint density at radius 3 is 2.24 bits per heavy atom. The lowest BCUT2D eigenvalue weighted by Gasteiger charge is -2.06. The second-order valence-electron chi connectivity index (χ2n) is 3.46. The Labute approximate surface area is 106 Å². The summed E-state index contributed by atoms with van der Waals surface area (Å²) in [5, 5.41) is 0. The first-order valence-corrected chi connectivity index (χ1v) is 7.51. The number of rotatable bonds is 7. The Kier molecular flexibility index (Phi) is 5.74. The summed E-state index contributed by atoms with van der Waals surface area (Å²) >= 11 is 0. The third-order valence-electron chi connectivity index (χ3n) is 2.12. The second kappa shape index (κ2) is 6.83. The van der Waals surface area contributed by atoms with Crippen LogP contribution in [0.4, 0.5) is 0 Å². The number of halogens is 1. The van der Waals surface area contributed by atoms with E-state index >= 15 is 0 Å². The maximum absolute atomic E-state index is 11.0. The molecule has 0 saturated carbocycles. The Hall–Kier alpha value is -0.780. The fourth-order valence-electron chi connectivity index (χ4n) is 1.24. The monoisotopic (exact) mass is 278 g/mol. The SMILES string of the molecule is COCCCCOc1ccc(S(=O)(=O)Cl)cc1. The Bertz CT molecular complexity index is 427. The van der Waals surface area contributed by atoms with Crippen LogP contribution in [0.2, 0.25) is 0 Å². The lowest BCUT2D eigenvalue weighted by molar-refractivity contribution is 0.184. The van der Waals surface area contributed by atoms with Gasteiger partial charge in [-0.25, -0.2) is 8.42 Å². The number of methoxy groups -OCH3 is 1. The number of benzene rings is 1. The van der Waals surface area contributed by atoms with Crippen LogP contribution in [0.25, 0.3) is 0 Å². The molecule has 0 saturated heterocycles. The van der Waals surface area contributed by atoms with Crippen molar-refractivity contribution in [2.45, 2.75) is 17.7 Å². The molecule has 1 rings (SSSR count). The molecule has 0 spiro atoms.